The van der Waals surface area contributed by atoms with Gasteiger partial charge in [0.1, 0.15) is 11.6 Å². The molecule has 144 valence electrons. The minimum absolute atomic E-state index is 0.218. The molecule has 1 nitrogen and oxygen atoms in total. The smallest absolute Gasteiger partial charge is 0.137 e. The van der Waals surface area contributed by atoms with Gasteiger partial charge in [0.2, 0.25) is 0 Å². The molecule has 0 amide bonds. The summed E-state index contributed by atoms with van der Waals surface area (Å²) < 4.78 is 13.5. The van der Waals surface area contributed by atoms with Crippen molar-refractivity contribution in [1.29, 1.82) is 0 Å². The van der Waals surface area contributed by atoms with Gasteiger partial charge in [0, 0.05) is 12.8 Å². The molecular weight excluding hydrogens is 347 g/mol. The number of hydrogen-bond acceptors (Lipinski definition) is 1. The summed E-state index contributed by atoms with van der Waals surface area (Å²) in [4.78, 5) is 12.7. The zero-order valence-electron chi connectivity index (χ0n) is 16.6. The van der Waals surface area contributed by atoms with Gasteiger partial charge in [0.25, 0.3) is 0 Å². The molecule has 3 aromatic rings. The van der Waals surface area contributed by atoms with E-state index in [4.69, 9.17) is 0 Å². The van der Waals surface area contributed by atoms with Crippen molar-refractivity contribution >= 4 is 5.78 Å². The zero-order chi connectivity index (χ0) is 19.9. The van der Waals surface area contributed by atoms with Crippen molar-refractivity contribution in [3.05, 3.63) is 95.8 Å². The van der Waals surface area contributed by atoms with Gasteiger partial charge in [-0.25, -0.2) is 4.39 Å². The Kier molecular flexibility index (Phi) is 6.76. The summed E-state index contributed by atoms with van der Waals surface area (Å²) in [5.74, 6) is 0.609. The number of carbonyl (C=O) groups excluding carboxylic acids is 1. The van der Waals surface area contributed by atoms with Crippen molar-refractivity contribution in [3.8, 4) is 11.1 Å². The average molecular weight is 374 g/mol. The fourth-order valence-electron chi connectivity index (χ4n) is 3.55. The SMILES string of the molecule is CC(C)C(CC(=O)Cc1ccc(-c2ccccc2)cc1)Cc1cccc(F)c1. The van der Waals surface area contributed by atoms with Gasteiger partial charge >= 0.3 is 0 Å². The van der Waals surface area contributed by atoms with E-state index in [0.717, 1.165) is 23.1 Å². The van der Waals surface area contributed by atoms with Gasteiger partial charge in [0.05, 0.1) is 0 Å². The lowest BCUT2D eigenvalue weighted by Crippen LogP contribution is -2.18. The first kappa shape index (κ1) is 20.0. The summed E-state index contributed by atoms with van der Waals surface area (Å²) in [6.07, 6.45) is 1.70. The minimum Gasteiger partial charge on any atom is -0.299 e. The van der Waals surface area contributed by atoms with E-state index in [1.54, 1.807) is 12.1 Å². The van der Waals surface area contributed by atoms with E-state index in [2.05, 4.69) is 38.1 Å². The molecule has 0 fully saturated rings. The van der Waals surface area contributed by atoms with Crippen LogP contribution in [-0.2, 0) is 17.6 Å². The molecule has 0 saturated heterocycles. The van der Waals surface area contributed by atoms with Crippen molar-refractivity contribution in [1.82, 2.24) is 0 Å². The van der Waals surface area contributed by atoms with Crippen molar-refractivity contribution in [3.63, 3.8) is 0 Å². The summed E-state index contributed by atoms with van der Waals surface area (Å²) in [6.45, 7) is 4.26. The Hall–Kier alpha value is -2.74. The molecule has 2 heteroatoms. The lowest BCUT2D eigenvalue weighted by molar-refractivity contribution is -0.119. The van der Waals surface area contributed by atoms with E-state index < -0.39 is 0 Å². The van der Waals surface area contributed by atoms with E-state index in [1.807, 2.05) is 36.4 Å². The molecule has 0 aliphatic heterocycles. The highest BCUT2D eigenvalue weighted by molar-refractivity contribution is 5.81. The van der Waals surface area contributed by atoms with Crippen LogP contribution in [0.3, 0.4) is 0 Å². The quantitative estimate of drug-likeness (QED) is 0.439. The average Bonchev–Trinajstić information content (AvgIpc) is 2.69. The van der Waals surface area contributed by atoms with Crippen LogP contribution in [0, 0.1) is 17.7 Å². The van der Waals surface area contributed by atoms with Crippen LogP contribution in [0.2, 0.25) is 0 Å². The van der Waals surface area contributed by atoms with Crippen LogP contribution in [0.25, 0.3) is 11.1 Å². The van der Waals surface area contributed by atoms with E-state index in [1.165, 1.54) is 11.6 Å². The predicted octanol–water partition coefficient (Wildman–Crippen LogP) is 6.51. The summed E-state index contributed by atoms with van der Waals surface area (Å²) in [5.41, 5.74) is 4.33. The highest BCUT2D eigenvalue weighted by Crippen LogP contribution is 2.23. The molecule has 0 bridgehead atoms. The Morgan fingerprint density at radius 3 is 2.14 bits per heavy atom. The molecule has 1 atom stereocenters. The topological polar surface area (TPSA) is 17.1 Å². The first-order valence-corrected chi connectivity index (χ1v) is 9.92. The highest BCUT2D eigenvalue weighted by Gasteiger charge is 2.18. The first-order valence-electron chi connectivity index (χ1n) is 9.92. The number of ketones is 1. The maximum Gasteiger partial charge on any atom is 0.137 e. The van der Waals surface area contributed by atoms with Gasteiger partial charge in [-0.05, 0) is 52.6 Å². The van der Waals surface area contributed by atoms with Crippen molar-refractivity contribution in [2.45, 2.75) is 33.1 Å². The Labute approximate surface area is 167 Å². The van der Waals surface area contributed by atoms with Gasteiger partial charge in [-0.1, -0.05) is 80.6 Å². The second-order valence-electron chi connectivity index (χ2n) is 7.82. The highest BCUT2D eigenvalue weighted by atomic mass is 19.1. The maximum atomic E-state index is 13.5. The van der Waals surface area contributed by atoms with Crippen molar-refractivity contribution < 1.29 is 9.18 Å². The second kappa shape index (κ2) is 9.45. The molecule has 0 spiro atoms. The van der Waals surface area contributed by atoms with Gasteiger partial charge in [0.15, 0.2) is 0 Å². The monoisotopic (exact) mass is 374 g/mol. The summed E-state index contributed by atoms with van der Waals surface area (Å²) in [7, 11) is 0. The van der Waals surface area contributed by atoms with Crippen LogP contribution < -0.4 is 0 Å². The Bertz CT molecular complexity index is 897. The van der Waals surface area contributed by atoms with E-state index in [0.29, 0.717) is 18.8 Å². The summed E-state index contributed by atoms with van der Waals surface area (Å²) in [6, 6.07) is 25.1. The second-order valence-corrected chi connectivity index (χ2v) is 7.82. The number of halogens is 1. The molecule has 0 radical (unpaired) electrons. The molecule has 28 heavy (non-hydrogen) atoms. The number of hydrogen-bond donors (Lipinski definition) is 0. The van der Waals surface area contributed by atoms with Crippen LogP contribution >= 0.6 is 0 Å². The standard InChI is InChI=1S/C26H27FO/c1-19(2)24(15-21-7-6-10-25(27)16-21)18-26(28)17-20-11-13-23(14-12-20)22-8-4-3-5-9-22/h3-14,16,19,24H,15,17-18H2,1-2H3. The Morgan fingerprint density at radius 1 is 0.821 bits per heavy atom. The van der Waals surface area contributed by atoms with Crippen molar-refractivity contribution in [2.75, 3.05) is 0 Å². The minimum atomic E-state index is -0.218. The number of benzene rings is 3. The van der Waals surface area contributed by atoms with Crippen LogP contribution in [0.1, 0.15) is 31.4 Å². The van der Waals surface area contributed by atoms with Crippen molar-refractivity contribution in [2.24, 2.45) is 11.8 Å². The molecule has 0 saturated carbocycles. The zero-order valence-corrected chi connectivity index (χ0v) is 16.6. The maximum absolute atomic E-state index is 13.5. The lowest BCUT2D eigenvalue weighted by atomic mass is 9.84. The van der Waals surface area contributed by atoms with Gasteiger partial charge in [-0.2, -0.15) is 0 Å². The van der Waals surface area contributed by atoms with E-state index in [-0.39, 0.29) is 17.5 Å². The van der Waals surface area contributed by atoms with E-state index in [9.17, 15) is 9.18 Å². The molecule has 3 rings (SSSR count). The third-order valence-corrected chi connectivity index (χ3v) is 5.28. The number of rotatable bonds is 8. The fourth-order valence-corrected chi connectivity index (χ4v) is 3.55. The molecule has 3 aromatic carbocycles. The Balaban J connectivity index is 1.61. The fraction of sp³-hybridized carbons (Fsp3) is 0.269. The van der Waals surface area contributed by atoms with Gasteiger partial charge in [-0.15, -0.1) is 0 Å². The molecule has 0 heterocycles. The molecule has 0 aliphatic rings. The first-order chi connectivity index (χ1) is 13.5. The number of Topliss-reactive ketones (excluding diaryl/α,β-unsaturated/α-hetero) is 1. The molecular formula is C26H27FO. The lowest BCUT2D eigenvalue weighted by Gasteiger charge is -2.20. The predicted molar refractivity (Wildman–Crippen MR) is 114 cm³/mol. The third-order valence-electron chi connectivity index (χ3n) is 5.28. The molecule has 1 unspecified atom stereocenters. The third kappa shape index (κ3) is 5.63. The largest absolute Gasteiger partial charge is 0.299 e. The summed E-state index contributed by atoms with van der Waals surface area (Å²) >= 11 is 0. The van der Waals surface area contributed by atoms with Gasteiger partial charge in [-0.3, -0.25) is 4.79 Å². The molecule has 0 aliphatic carbocycles. The van der Waals surface area contributed by atoms with Crippen LogP contribution in [0.5, 0.6) is 0 Å². The van der Waals surface area contributed by atoms with Gasteiger partial charge < -0.3 is 0 Å². The summed E-state index contributed by atoms with van der Waals surface area (Å²) in [5, 5.41) is 0. The van der Waals surface area contributed by atoms with Crippen LogP contribution in [0.4, 0.5) is 4.39 Å². The number of carbonyl (C=O) groups is 1. The Morgan fingerprint density at radius 2 is 1.50 bits per heavy atom. The van der Waals surface area contributed by atoms with E-state index >= 15 is 0 Å². The molecule has 0 N–H and O–H groups in total. The normalized spacial score (nSPS) is 12.1. The molecule has 0 aromatic heterocycles. The van der Waals surface area contributed by atoms with Crippen LogP contribution in [0.15, 0.2) is 78.9 Å². The van der Waals surface area contributed by atoms with Crippen LogP contribution in [-0.4, -0.2) is 5.78 Å².